The van der Waals surface area contributed by atoms with Gasteiger partial charge in [-0.1, -0.05) is 0 Å². The Bertz CT molecular complexity index is 313. The van der Waals surface area contributed by atoms with E-state index in [4.69, 9.17) is 11.0 Å². The Hall–Kier alpha value is -1.41. The van der Waals surface area contributed by atoms with Gasteiger partial charge in [-0.25, -0.2) is 0 Å². The topological polar surface area (TPSA) is 87.2 Å². The van der Waals surface area contributed by atoms with E-state index in [1.165, 1.54) is 4.90 Å². The van der Waals surface area contributed by atoms with Crippen LogP contribution in [-0.2, 0) is 9.59 Å². The number of nitrogens with zero attached hydrogens (tertiary/aromatic N) is 2. The van der Waals surface area contributed by atoms with Gasteiger partial charge in [0.15, 0.2) is 0 Å². The number of carbonyl (C=O) groups excluding carboxylic acids is 2. The Labute approximate surface area is 81.5 Å². The molecule has 5 nitrogen and oxygen atoms in total. The molecule has 2 amide bonds. The summed E-state index contributed by atoms with van der Waals surface area (Å²) in [5.74, 6) is -0.267. The molecule has 3 atom stereocenters. The molecule has 1 saturated heterocycles. The Morgan fingerprint density at radius 1 is 1.50 bits per heavy atom. The second kappa shape index (κ2) is 3.07. The number of rotatable bonds is 3. The van der Waals surface area contributed by atoms with E-state index >= 15 is 0 Å². The van der Waals surface area contributed by atoms with Crippen molar-refractivity contribution >= 4 is 11.8 Å². The minimum absolute atomic E-state index is 0.0548. The Morgan fingerprint density at radius 3 is 2.57 bits per heavy atom. The van der Waals surface area contributed by atoms with Crippen molar-refractivity contribution in [2.24, 2.45) is 17.6 Å². The third-order valence-corrected chi connectivity index (χ3v) is 2.79. The number of hydrogen-bond donors (Lipinski definition) is 1. The number of piperidine rings is 1. The van der Waals surface area contributed by atoms with Crippen LogP contribution in [0.25, 0.3) is 0 Å². The van der Waals surface area contributed by atoms with E-state index in [0.717, 1.165) is 6.42 Å². The Balaban J connectivity index is 1.90. The van der Waals surface area contributed by atoms with Crippen LogP contribution in [0.1, 0.15) is 12.8 Å². The molecular weight excluding hydrogens is 182 g/mol. The van der Waals surface area contributed by atoms with Gasteiger partial charge in [0.05, 0.1) is 23.9 Å². The number of likely N-dealkylation sites (tertiary alicyclic amines) is 1. The molecule has 14 heavy (non-hydrogen) atoms. The molecule has 0 aromatic rings. The molecule has 1 aliphatic carbocycles. The summed E-state index contributed by atoms with van der Waals surface area (Å²) in [7, 11) is 0. The molecule has 2 rings (SSSR count). The van der Waals surface area contributed by atoms with E-state index in [9.17, 15) is 9.59 Å². The molecule has 1 heterocycles. The third-order valence-electron chi connectivity index (χ3n) is 2.79. The Morgan fingerprint density at radius 2 is 2.07 bits per heavy atom. The fraction of sp³-hybridized carbons (Fsp3) is 0.667. The number of fused-ring (bicyclic) bond motifs is 1. The number of carbonyl (C=O) groups is 2. The maximum absolute atomic E-state index is 11.4. The molecule has 3 unspecified atom stereocenters. The first-order valence-electron chi connectivity index (χ1n) is 4.65. The normalized spacial score (nSPS) is 31.3. The zero-order chi connectivity index (χ0) is 10.3. The quantitative estimate of drug-likeness (QED) is 0.596. The van der Waals surface area contributed by atoms with Gasteiger partial charge in [0.2, 0.25) is 11.8 Å². The number of imide groups is 1. The molecule has 2 fully saturated rings. The molecule has 1 saturated carbocycles. The van der Waals surface area contributed by atoms with E-state index < -0.39 is 6.04 Å². The van der Waals surface area contributed by atoms with Crippen molar-refractivity contribution in [3.8, 4) is 6.07 Å². The average molecular weight is 193 g/mol. The van der Waals surface area contributed by atoms with Gasteiger partial charge in [0, 0.05) is 6.54 Å². The van der Waals surface area contributed by atoms with Gasteiger partial charge in [-0.2, -0.15) is 5.26 Å². The highest BCUT2D eigenvalue weighted by molar-refractivity contribution is 6.08. The van der Waals surface area contributed by atoms with Crippen LogP contribution in [-0.4, -0.2) is 29.3 Å². The molecule has 0 aromatic carbocycles. The highest BCUT2D eigenvalue weighted by Gasteiger charge is 2.58. The summed E-state index contributed by atoms with van der Waals surface area (Å²) in [6, 6.07) is 1.28. The first-order valence-corrected chi connectivity index (χ1v) is 4.65. The number of amides is 2. The third kappa shape index (κ3) is 1.28. The molecule has 5 heteroatoms. The van der Waals surface area contributed by atoms with Gasteiger partial charge in [0.1, 0.15) is 0 Å². The smallest absolute Gasteiger partial charge is 0.233 e. The van der Waals surface area contributed by atoms with Gasteiger partial charge in [-0.3, -0.25) is 14.5 Å². The molecule has 2 N–H and O–H groups in total. The largest absolute Gasteiger partial charge is 0.316 e. The predicted molar refractivity (Wildman–Crippen MR) is 46.5 cm³/mol. The molecular formula is C9H11N3O2. The van der Waals surface area contributed by atoms with Gasteiger partial charge < -0.3 is 5.73 Å². The van der Waals surface area contributed by atoms with Crippen LogP contribution in [0, 0.1) is 23.2 Å². The van der Waals surface area contributed by atoms with Gasteiger partial charge in [0.25, 0.3) is 0 Å². The van der Waals surface area contributed by atoms with Crippen LogP contribution in [0.5, 0.6) is 0 Å². The maximum atomic E-state index is 11.4. The Kier molecular flexibility index (Phi) is 2.01. The monoisotopic (exact) mass is 193 g/mol. The zero-order valence-electron chi connectivity index (χ0n) is 7.64. The molecule has 0 bridgehead atoms. The summed E-state index contributed by atoms with van der Waals surface area (Å²) in [4.78, 5) is 24.1. The van der Waals surface area contributed by atoms with E-state index in [2.05, 4.69) is 0 Å². The van der Waals surface area contributed by atoms with Crippen molar-refractivity contribution in [2.75, 3.05) is 6.54 Å². The molecule has 0 aromatic heterocycles. The highest BCUT2D eigenvalue weighted by atomic mass is 16.2. The standard InChI is InChI=1S/C9H11N3O2/c10-4-5(11)1-2-12-8(13)6-3-7(6)9(12)14/h5-7H,1-3,11H2. The second-order valence-corrected chi connectivity index (χ2v) is 3.80. The van der Waals surface area contributed by atoms with Crippen molar-refractivity contribution in [1.29, 1.82) is 5.26 Å². The summed E-state index contributed by atoms with van der Waals surface area (Å²) in [6.07, 6.45) is 1.09. The number of nitriles is 1. The van der Waals surface area contributed by atoms with Crippen molar-refractivity contribution in [3.05, 3.63) is 0 Å². The van der Waals surface area contributed by atoms with E-state index in [1.807, 2.05) is 6.07 Å². The lowest BCUT2D eigenvalue weighted by atomic mass is 10.2. The molecule has 2 aliphatic rings. The fourth-order valence-corrected chi connectivity index (χ4v) is 1.80. The summed E-state index contributed by atoms with van der Waals surface area (Å²) in [6.45, 7) is 0.291. The highest BCUT2D eigenvalue weighted by Crippen LogP contribution is 2.46. The predicted octanol–water partition coefficient (Wildman–Crippen LogP) is -0.768. The van der Waals surface area contributed by atoms with E-state index in [1.54, 1.807) is 0 Å². The second-order valence-electron chi connectivity index (χ2n) is 3.80. The van der Waals surface area contributed by atoms with Crippen LogP contribution in [0.2, 0.25) is 0 Å². The summed E-state index contributed by atoms with van der Waals surface area (Å²) in [5, 5.41) is 8.44. The summed E-state index contributed by atoms with van der Waals surface area (Å²) >= 11 is 0. The molecule has 0 spiro atoms. The minimum atomic E-state index is -0.590. The van der Waals surface area contributed by atoms with E-state index in [0.29, 0.717) is 13.0 Å². The van der Waals surface area contributed by atoms with Gasteiger partial charge in [-0.15, -0.1) is 0 Å². The molecule has 1 aliphatic heterocycles. The SMILES string of the molecule is N#CC(N)CCN1C(=O)C2CC2C1=O. The van der Waals surface area contributed by atoms with Crippen LogP contribution in [0.3, 0.4) is 0 Å². The molecule has 74 valence electrons. The first-order chi connectivity index (χ1) is 6.65. The lowest BCUT2D eigenvalue weighted by Crippen LogP contribution is -2.36. The van der Waals surface area contributed by atoms with Gasteiger partial charge >= 0.3 is 0 Å². The van der Waals surface area contributed by atoms with E-state index in [-0.39, 0.29) is 23.7 Å². The molecule has 0 radical (unpaired) electrons. The van der Waals surface area contributed by atoms with Crippen LogP contribution in [0.4, 0.5) is 0 Å². The minimum Gasteiger partial charge on any atom is -0.316 e. The van der Waals surface area contributed by atoms with Crippen LogP contribution >= 0.6 is 0 Å². The zero-order valence-corrected chi connectivity index (χ0v) is 7.64. The number of hydrogen-bond acceptors (Lipinski definition) is 4. The lowest BCUT2D eigenvalue weighted by Gasteiger charge is -2.16. The van der Waals surface area contributed by atoms with Crippen molar-refractivity contribution in [1.82, 2.24) is 4.90 Å². The summed E-state index contributed by atoms with van der Waals surface area (Å²) < 4.78 is 0. The van der Waals surface area contributed by atoms with Gasteiger partial charge in [-0.05, 0) is 12.8 Å². The van der Waals surface area contributed by atoms with Crippen molar-refractivity contribution in [3.63, 3.8) is 0 Å². The summed E-state index contributed by atoms with van der Waals surface area (Å²) in [5.41, 5.74) is 5.38. The fourth-order valence-electron chi connectivity index (χ4n) is 1.80. The average Bonchev–Trinajstić information content (AvgIpc) is 2.92. The van der Waals surface area contributed by atoms with Crippen LogP contribution in [0.15, 0.2) is 0 Å². The van der Waals surface area contributed by atoms with Crippen molar-refractivity contribution < 1.29 is 9.59 Å². The van der Waals surface area contributed by atoms with Crippen molar-refractivity contribution in [2.45, 2.75) is 18.9 Å². The number of nitrogens with two attached hydrogens (primary N) is 1. The lowest BCUT2D eigenvalue weighted by molar-refractivity contribution is -0.141. The maximum Gasteiger partial charge on any atom is 0.233 e. The van der Waals surface area contributed by atoms with Crippen LogP contribution < -0.4 is 5.73 Å². The first kappa shape index (κ1) is 9.16.